The molecule has 1 unspecified atom stereocenters. The molecule has 0 spiro atoms. The van der Waals surface area contributed by atoms with E-state index in [9.17, 15) is 0 Å². The van der Waals surface area contributed by atoms with Gasteiger partial charge in [0.2, 0.25) is 0 Å². The number of nitrogens with one attached hydrogen (secondary N) is 1. The zero-order valence-electron chi connectivity index (χ0n) is 12.6. The van der Waals surface area contributed by atoms with Crippen LogP contribution in [0.5, 0.6) is 5.75 Å². The molecule has 112 valence electrons. The third kappa shape index (κ3) is 3.42. The Morgan fingerprint density at radius 1 is 1.10 bits per heavy atom. The minimum Gasteiger partial charge on any atom is -0.496 e. The Morgan fingerprint density at radius 3 is 2.19 bits per heavy atom. The van der Waals surface area contributed by atoms with Crippen LogP contribution in [0.15, 0.2) is 34.8 Å². The van der Waals surface area contributed by atoms with E-state index in [0.29, 0.717) is 0 Å². The van der Waals surface area contributed by atoms with Crippen LogP contribution in [-0.4, -0.2) is 14.2 Å². The van der Waals surface area contributed by atoms with Crippen molar-refractivity contribution in [2.75, 3.05) is 14.2 Å². The molecule has 0 saturated heterocycles. The molecule has 2 aromatic carbocycles. The van der Waals surface area contributed by atoms with E-state index in [0.717, 1.165) is 31.9 Å². The molecule has 0 aliphatic rings. The van der Waals surface area contributed by atoms with Gasteiger partial charge in [0.05, 0.1) is 18.2 Å². The molecule has 0 bridgehead atoms. The van der Waals surface area contributed by atoms with Crippen LogP contribution in [0.25, 0.3) is 0 Å². The minimum absolute atomic E-state index is 0.113. The van der Waals surface area contributed by atoms with Crippen LogP contribution < -0.4 is 10.1 Å². The second-order valence-corrected chi connectivity index (χ2v) is 6.34. The largest absolute Gasteiger partial charge is 0.496 e. The van der Waals surface area contributed by atoms with Gasteiger partial charge < -0.3 is 10.1 Å². The summed E-state index contributed by atoms with van der Waals surface area (Å²) in [5, 5.41) is 4.09. The predicted octanol–water partition coefficient (Wildman–Crippen LogP) is 5.04. The number of rotatable bonds is 4. The van der Waals surface area contributed by atoms with Crippen LogP contribution in [0.4, 0.5) is 0 Å². The molecule has 0 fully saturated rings. The fraction of sp³-hybridized carbons (Fsp3) is 0.294. The average molecular weight is 369 g/mol. The molecule has 0 aromatic heterocycles. The Balaban J connectivity index is 2.48. The monoisotopic (exact) mass is 367 g/mol. The molecule has 2 aromatic rings. The zero-order chi connectivity index (χ0) is 15.6. The predicted molar refractivity (Wildman–Crippen MR) is 92.5 cm³/mol. The van der Waals surface area contributed by atoms with Crippen molar-refractivity contribution in [3.8, 4) is 5.75 Å². The van der Waals surface area contributed by atoms with Gasteiger partial charge in [0, 0.05) is 4.47 Å². The van der Waals surface area contributed by atoms with E-state index in [-0.39, 0.29) is 6.04 Å². The van der Waals surface area contributed by atoms with Crippen LogP contribution in [0.3, 0.4) is 0 Å². The van der Waals surface area contributed by atoms with E-state index < -0.39 is 0 Å². The van der Waals surface area contributed by atoms with Gasteiger partial charge in [-0.05, 0) is 71.2 Å². The highest BCUT2D eigenvalue weighted by molar-refractivity contribution is 9.10. The lowest BCUT2D eigenvalue weighted by Gasteiger charge is -2.20. The van der Waals surface area contributed by atoms with Crippen molar-refractivity contribution in [3.63, 3.8) is 0 Å². The third-order valence-corrected chi connectivity index (χ3v) is 4.80. The van der Waals surface area contributed by atoms with E-state index in [1.807, 2.05) is 19.2 Å². The van der Waals surface area contributed by atoms with Crippen molar-refractivity contribution in [1.82, 2.24) is 5.32 Å². The molecule has 21 heavy (non-hydrogen) atoms. The van der Waals surface area contributed by atoms with Gasteiger partial charge in [0.15, 0.2) is 0 Å². The SMILES string of the molecule is CNC(c1cc(C)c(OC)c(C)c1)c1ccc(Cl)c(Br)c1. The number of hydrogen-bond acceptors (Lipinski definition) is 2. The number of methoxy groups -OCH3 is 1. The van der Waals surface area contributed by atoms with E-state index >= 15 is 0 Å². The fourth-order valence-electron chi connectivity index (χ4n) is 2.69. The molecular formula is C17H19BrClNO. The summed E-state index contributed by atoms with van der Waals surface area (Å²) in [6, 6.07) is 10.4. The molecule has 0 aliphatic carbocycles. The number of benzene rings is 2. The van der Waals surface area contributed by atoms with Gasteiger partial charge in [-0.3, -0.25) is 0 Å². The van der Waals surface area contributed by atoms with Crippen LogP contribution in [0.1, 0.15) is 28.3 Å². The van der Waals surface area contributed by atoms with E-state index in [4.69, 9.17) is 16.3 Å². The summed E-state index contributed by atoms with van der Waals surface area (Å²) >= 11 is 9.57. The highest BCUT2D eigenvalue weighted by Gasteiger charge is 2.16. The maximum absolute atomic E-state index is 6.08. The van der Waals surface area contributed by atoms with Gasteiger partial charge in [-0.2, -0.15) is 0 Å². The molecule has 1 atom stereocenters. The van der Waals surface area contributed by atoms with Gasteiger partial charge in [0.25, 0.3) is 0 Å². The first-order chi connectivity index (χ1) is 9.97. The van der Waals surface area contributed by atoms with Crippen LogP contribution in [-0.2, 0) is 0 Å². The summed E-state index contributed by atoms with van der Waals surface area (Å²) in [5.41, 5.74) is 4.65. The summed E-state index contributed by atoms with van der Waals surface area (Å²) < 4.78 is 6.35. The van der Waals surface area contributed by atoms with Crippen LogP contribution in [0, 0.1) is 13.8 Å². The molecule has 0 amide bonds. The molecule has 0 aliphatic heterocycles. The normalized spacial score (nSPS) is 12.3. The second kappa shape index (κ2) is 6.82. The van der Waals surface area contributed by atoms with Crippen molar-refractivity contribution in [3.05, 3.63) is 62.1 Å². The van der Waals surface area contributed by atoms with Crippen molar-refractivity contribution in [2.45, 2.75) is 19.9 Å². The number of hydrogen-bond donors (Lipinski definition) is 1. The Hall–Kier alpha value is -1.03. The minimum atomic E-state index is 0.113. The topological polar surface area (TPSA) is 21.3 Å². The Kier molecular flexibility index (Phi) is 5.31. The summed E-state index contributed by atoms with van der Waals surface area (Å²) in [7, 11) is 3.67. The molecule has 4 heteroatoms. The van der Waals surface area contributed by atoms with Crippen molar-refractivity contribution in [2.24, 2.45) is 0 Å². The van der Waals surface area contributed by atoms with Crippen LogP contribution >= 0.6 is 27.5 Å². The number of ether oxygens (including phenoxy) is 1. The maximum Gasteiger partial charge on any atom is 0.124 e. The van der Waals surface area contributed by atoms with E-state index in [1.165, 1.54) is 5.56 Å². The molecule has 0 radical (unpaired) electrons. The maximum atomic E-state index is 6.08. The lowest BCUT2D eigenvalue weighted by atomic mass is 9.95. The first-order valence-electron chi connectivity index (χ1n) is 6.75. The quantitative estimate of drug-likeness (QED) is 0.816. The first-order valence-corrected chi connectivity index (χ1v) is 7.92. The average Bonchev–Trinajstić information content (AvgIpc) is 2.43. The van der Waals surface area contributed by atoms with Gasteiger partial charge in [-0.15, -0.1) is 0 Å². The van der Waals surface area contributed by atoms with Gasteiger partial charge >= 0.3 is 0 Å². The van der Waals surface area contributed by atoms with Gasteiger partial charge in [-0.1, -0.05) is 29.8 Å². The molecule has 1 N–H and O–H groups in total. The Morgan fingerprint density at radius 2 is 1.71 bits per heavy atom. The highest BCUT2D eigenvalue weighted by Crippen LogP contribution is 2.32. The van der Waals surface area contributed by atoms with Crippen molar-refractivity contribution >= 4 is 27.5 Å². The van der Waals surface area contributed by atoms with Crippen molar-refractivity contribution in [1.29, 1.82) is 0 Å². The molecule has 0 heterocycles. The Bertz CT molecular complexity index is 634. The fourth-order valence-corrected chi connectivity index (χ4v) is 3.20. The second-order valence-electron chi connectivity index (χ2n) is 5.08. The molecule has 2 nitrogen and oxygen atoms in total. The summed E-state index contributed by atoms with van der Waals surface area (Å²) in [6.07, 6.45) is 0. The van der Waals surface area contributed by atoms with Crippen LogP contribution in [0.2, 0.25) is 5.02 Å². The Labute approximate surface area is 139 Å². The molecular weight excluding hydrogens is 350 g/mol. The number of halogens is 2. The van der Waals surface area contributed by atoms with Gasteiger partial charge in [-0.25, -0.2) is 0 Å². The smallest absolute Gasteiger partial charge is 0.124 e. The summed E-state index contributed by atoms with van der Waals surface area (Å²) in [4.78, 5) is 0. The third-order valence-electron chi connectivity index (χ3n) is 3.59. The lowest BCUT2D eigenvalue weighted by Crippen LogP contribution is -2.18. The van der Waals surface area contributed by atoms with Gasteiger partial charge in [0.1, 0.15) is 5.75 Å². The highest BCUT2D eigenvalue weighted by atomic mass is 79.9. The van der Waals surface area contributed by atoms with E-state index in [2.05, 4.69) is 53.3 Å². The lowest BCUT2D eigenvalue weighted by molar-refractivity contribution is 0.408. The standard InChI is InChI=1S/C17H19BrClNO/c1-10-7-13(8-11(2)17(10)21-4)16(20-3)12-5-6-15(19)14(18)9-12/h5-9,16,20H,1-4H3. The summed E-state index contributed by atoms with van der Waals surface area (Å²) in [5.74, 6) is 0.950. The molecule has 2 rings (SSSR count). The zero-order valence-corrected chi connectivity index (χ0v) is 15.0. The molecule has 0 saturated carbocycles. The summed E-state index contributed by atoms with van der Waals surface area (Å²) in [6.45, 7) is 4.14. The van der Waals surface area contributed by atoms with Crippen molar-refractivity contribution < 1.29 is 4.74 Å². The van der Waals surface area contributed by atoms with E-state index in [1.54, 1.807) is 7.11 Å². The number of aryl methyl sites for hydroxylation is 2. The first kappa shape index (κ1) is 16.3.